The van der Waals surface area contributed by atoms with Crippen LogP contribution in [0.2, 0.25) is 5.02 Å². The quantitative estimate of drug-likeness (QED) is 0.734. The van der Waals surface area contributed by atoms with Crippen molar-refractivity contribution in [2.24, 2.45) is 0 Å². The van der Waals surface area contributed by atoms with Gasteiger partial charge in [-0.1, -0.05) is 23.7 Å². The molecule has 1 aliphatic heterocycles. The van der Waals surface area contributed by atoms with Crippen molar-refractivity contribution in [2.45, 2.75) is 25.9 Å². The number of benzene rings is 2. The second-order valence-corrected chi connectivity index (χ2v) is 9.24. The van der Waals surface area contributed by atoms with Gasteiger partial charge in [0, 0.05) is 23.2 Å². The Balaban J connectivity index is 1.86. The summed E-state index contributed by atoms with van der Waals surface area (Å²) in [6.45, 7) is 2.78. The van der Waals surface area contributed by atoms with Gasteiger partial charge in [-0.05, 0) is 55.3 Å². The smallest absolute Gasteiger partial charge is 0.254 e. The number of rotatable bonds is 6. The van der Waals surface area contributed by atoms with Crippen LogP contribution in [0.25, 0.3) is 0 Å². The first-order chi connectivity index (χ1) is 12.9. The molecule has 0 bridgehead atoms. The van der Waals surface area contributed by atoms with E-state index in [1.165, 1.54) is 0 Å². The number of hydrogen-bond acceptors (Lipinski definition) is 4. The minimum absolute atomic E-state index is 0.00333. The minimum Gasteiger partial charge on any atom is -0.494 e. The van der Waals surface area contributed by atoms with Crippen molar-refractivity contribution in [3.8, 4) is 5.75 Å². The molecule has 0 aromatic heterocycles. The van der Waals surface area contributed by atoms with Crippen LogP contribution in [0.5, 0.6) is 5.75 Å². The van der Waals surface area contributed by atoms with Gasteiger partial charge in [0.05, 0.1) is 18.1 Å². The molecule has 5 nitrogen and oxygen atoms in total. The van der Waals surface area contributed by atoms with E-state index in [2.05, 4.69) is 0 Å². The summed E-state index contributed by atoms with van der Waals surface area (Å²) < 4.78 is 29.3. The van der Waals surface area contributed by atoms with Crippen LogP contribution < -0.4 is 4.74 Å². The summed E-state index contributed by atoms with van der Waals surface area (Å²) in [6, 6.07) is 13.8. The summed E-state index contributed by atoms with van der Waals surface area (Å²) in [7, 11) is -3.10. The summed E-state index contributed by atoms with van der Waals surface area (Å²) >= 11 is 5.94. The molecule has 0 spiro atoms. The number of nitrogens with zero attached hydrogens (tertiary/aromatic N) is 1. The molecule has 2 aromatic carbocycles. The average molecular weight is 408 g/mol. The van der Waals surface area contributed by atoms with Gasteiger partial charge in [-0.3, -0.25) is 4.79 Å². The van der Waals surface area contributed by atoms with Gasteiger partial charge in [-0.15, -0.1) is 0 Å². The molecule has 1 aliphatic rings. The minimum atomic E-state index is -3.10. The highest BCUT2D eigenvalue weighted by molar-refractivity contribution is 7.91. The number of carbonyl (C=O) groups excluding carboxylic acids is 1. The van der Waals surface area contributed by atoms with Crippen LogP contribution in [0.15, 0.2) is 48.5 Å². The van der Waals surface area contributed by atoms with Gasteiger partial charge in [-0.25, -0.2) is 8.42 Å². The van der Waals surface area contributed by atoms with E-state index < -0.39 is 9.84 Å². The van der Waals surface area contributed by atoms with E-state index in [-0.39, 0.29) is 23.5 Å². The fourth-order valence-corrected chi connectivity index (χ4v) is 5.06. The van der Waals surface area contributed by atoms with E-state index in [4.69, 9.17) is 16.3 Å². The average Bonchev–Trinajstić information content (AvgIpc) is 3.01. The Morgan fingerprint density at radius 3 is 2.37 bits per heavy atom. The van der Waals surface area contributed by atoms with Gasteiger partial charge in [0.25, 0.3) is 5.91 Å². The molecule has 0 saturated carbocycles. The monoisotopic (exact) mass is 407 g/mol. The lowest BCUT2D eigenvalue weighted by atomic mass is 10.1. The van der Waals surface area contributed by atoms with Crippen molar-refractivity contribution in [1.82, 2.24) is 4.90 Å². The normalized spacial score (nSPS) is 18.2. The maximum atomic E-state index is 13.1. The zero-order valence-corrected chi connectivity index (χ0v) is 16.7. The zero-order chi connectivity index (χ0) is 19.4. The number of amides is 1. The van der Waals surface area contributed by atoms with Crippen LogP contribution >= 0.6 is 11.6 Å². The highest BCUT2D eigenvalue weighted by Crippen LogP contribution is 2.24. The summed E-state index contributed by atoms with van der Waals surface area (Å²) in [5.41, 5.74) is 1.42. The number of carbonyl (C=O) groups is 1. The predicted molar refractivity (Wildman–Crippen MR) is 106 cm³/mol. The fourth-order valence-electron chi connectivity index (χ4n) is 3.20. The molecule has 27 heavy (non-hydrogen) atoms. The standard InChI is InChI=1S/C20H22ClNO4S/c1-2-26-19-9-5-16(6-10-19)20(23)22(18-11-12-27(24,25)14-18)13-15-3-7-17(21)8-4-15/h3-10,18H,2,11-14H2,1H3/t18-/m1/s1. The maximum absolute atomic E-state index is 13.1. The Kier molecular flexibility index (Phi) is 6.07. The predicted octanol–water partition coefficient (Wildman–Crippen LogP) is 3.57. The molecule has 3 rings (SSSR count). The maximum Gasteiger partial charge on any atom is 0.254 e. The SMILES string of the molecule is CCOc1ccc(C(=O)N(Cc2ccc(Cl)cc2)[C@@H]2CCS(=O)(=O)C2)cc1. The molecule has 2 aromatic rings. The topological polar surface area (TPSA) is 63.7 Å². The lowest BCUT2D eigenvalue weighted by molar-refractivity contribution is 0.0681. The van der Waals surface area contributed by atoms with Crippen molar-refractivity contribution < 1.29 is 17.9 Å². The van der Waals surface area contributed by atoms with Gasteiger partial charge in [-0.2, -0.15) is 0 Å². The molecule has 144 valence electrons. The molecule has 0 unspecified atom stereocenters. The Labute approximate surface area is 164 Å². The first kappa shape index (κ1) is 19.7. The molecule has 1 amide bonds. The van der Waals surface area contributed by atoms with E-state index in [0.717, 1.165) is 5.56 Å². The Morgan fingerprint density at radius 1 is 1.15 bits per heavy atom. The zero-order valence-electron chi connectivity index (χ0n) is 15.1. The van der Waals surface area contributed by atoms with Crippen LogP contribution in [0.3, 0.4) is 0 Å². The van der Waals surface area contributed by atoms with E-state index >= 15 is 0 Å². The van der Waals surface area contributed by atoms with E-state index in [9.17, 15) is 13.2 Å². The molecule has 0 aliphatic carbocycles. The molecule has 1 heterocycles. The highest BCUT2D eigenvalue weighted by Gasteiger charge is 2.35. The number of hydrogen-bond donors (Lipinski definition) is 0. The van der Waals surface area contributed by atoms with Crippen LogP contribution in [0.4, 0.5) is 0 Å². The van der Waals surface area contributed by atoms with Crippen LogP contribution in [0, 0.1) is 0 Å². The number of halogens is 1. The molecule has 0 radical (unpaired) electrons. The molecular formula is C20H22ClNO4S. The largest absolute Gasteiger partial charge is 0.494 e. The molecule has 7 heteroatoms. The van der Waals surface area contributed by atoms with Gasteiger partial charge in [0.2, 0.25) is 0 Å². The Bertz CT molecular complexity index is 895. The number of ether oxygens (including phenoxy) is 1. The van der Waals surface area contributed by atoms with Gasteiger partial charge < -0.3 is 9.64 Å². The summed E-state index contributed by atoms with van der Waals surface area (Å²) in [6.07, 6.45) is 0.457. The Hall–Kier alpha value is -2.05. The van der Waals surface area contributed by atoms with Gasteiger partial charge in [0.1, 0.15) is 5.75 Å². The van der Waals surface area contributed by atoms with Crippen LogP contribution in [-0.2, 0) is 16.4 Å². The second-order valence-electron chi connectivity index (χ2n) is 6.57. The summed E-state index contributed by atoms with van der Waals surface area (Å²) in [5.74, 6) is 0.631. The van der Waals surface area contributed by atoms with Crippen molar-refractivity contribution in [3.05, 3.63) is 64.7 Å². The van der Waals surface area contributed by atoms with Gasteiger partial charge in [0.15, 0.2) is 9.84 Å². The summed E-state index contributed by atoms with van der Waals surface area (Å²) in [5, 5.41) is 0.617. The first-order valence-corrected chi connectivity index (χ1v) is 11.1. The number of sulfone groups is 1. The highest BCUT2D eigenvalue weighted by atomic mass is 35.5. The molecule has 1 atom stereocenters. The fraction of sp³-hybridized carbons (Fsp3) is 0.350. The van der Waals surface area contributed by atoms with Crippen molar-refractivity contribution in [2.75, 3.05) is 18.1 Å². The second kappa shape index (κ2) is 8.31. The lowest BCUT2D eigenvalue weighted by Crippen LogP contribution is -2.40. The third-order valence-corrected chi connectivity index (χ3v) is 6.59. The third kappa shape index (κ3) is 5.02. The molecule has 1 fully saturated rings. The molecule has 0 N–H and O–H groups in total. The van der Waals surface area contributed by atoms with E-state index in [1.807, 2.05) is 19.1 Å². The Morgan fingerprint density at radius 2 is 1.81 bits per heavy atom. The molecule has 1 saturated heterocycles. The van der Waals surface area contributed by atoms with Crippen LogP contribution in [-0.4, -0.2) is 43.4 Å². The van der Waals surface area contributed by atoms with E-state index in [0.29, 0.717) is 35.9 Å². The lowest BCUT2D eigenvalue weighted by Gasteiger charge is -2.28. The van der Waals surface area contributed by atoms with Crippen molar-refractivity contribution in [3.63, 3.8) is 0 Å². The van der Waals surface area contributed by atoms with E-state index in [1.54, 1.807) is 41.3 Å². The third-order valence-electron chi connectivity index (χ3n) is 4.59. The first-order valence-electron chi connectivity index (χ1n) is 8.86. The van der Waals surface area contributed by atoms with Crippen LogP contribution in [0.1, 0.15) is 29.3 Å². The van der Waals surface area contributed by atoms with Gasteiger partial charge >= 0.3 is 0 Å². The van der Waals surface area contributed by atoms with Crippen molar-refractivity contribution >= 4 is 27.3 Å². The van der Waals surface area contributed by atoms with Crippen molar-refractivity contribution in [1.29, 1.82) is 0 Å². The molecular weight excluding hydrogens is 386 g/mol. The summed E-state index contributed by atoms with van der Waals surface area (Å²) in [4.78, 5) is 14.8.